The summed E-state index contributed by atoms with van der Waals surface area (Å²) in [5.41, 5.74) is 0.412. The average molecular weight is 347 g/mol. The van der Waals surface area contributed by atoms with Gasteiger partial charge >= 0.3 is 6.09 Å². The maximum atomic E-state index is 12.5. The van der Waals surface area contributed by atoms with Gasteiger partial charge in [-0.15, -0.1) is 0 Å². The number of nitrogens with one attached hydrogen (secondary N) is 1. The summed E-state index contributed by atoms with van der Waals surface area (Å²) in [5, 5.41) is 2.96. The molecule has 1 saturated carbocycles. The molecular formula is C19H29N3O3. The average Bonchev–Trinajstić information content (AvgIpc) is 2.47. The van der Waals surface area contributed by atoms with E-state index in [9.17, 15) is 9.59 Å². The van der Waals surface area contributed by atoms with Crippen molar-refractivity contribution >= 4 is 12.0 Å². The largest absolute Gasteiger partial charge is 0.444 e. The normalized spacial score (nSPS) is 14.5. The highest BCUT2D eigenvalue weighted by molar-refractivity contribution is 5.79. The Balaban J connectivity index is 1.84. The molecule has 0 radical (unpaired) electrons. The van der Waals surface area contributed by atoms with Crippen LogP contribution in [0.2, 0.25) is 0 Å². The van der Waals surface area contributed by atoms with Gasteiger partial charge in [0.25, 0.3) is 0 Å². The summed E-state index contributed by atoms with van der Waals surface area (Å²) in [6.07, 6.45) is 6.94. The molecule has 0 bridgehead atoms. The minimum atomic E-state index is -0.539. The Hall–Kier alpha value is -2.11. The Bertz CT molecular complexity index is 565. The van der Waals surface area contributed by atoms with Crippen LogP contribution in [0.5, 0.6) is 0 Å². The number of hydrogen-bond donors (Lipinski definition) is 1. The van der Waals surface area contributed by atoms with Crippen LogP contribution in [0.4, 0.5) is 4.79 Å². The summed E-state index contributed by atoms with van der Waals surface area (Å²) in [7, 11) is 0. The highest BCUT2D eigenvalue weighted by Gasteiger charge is 2.25. The number of carbonyl (C=O) groups is 2. The van der Waals surface area contributed by atoms with E-state index in [-0.39, 0.29) is 17.9 Å². The summed E-state index contributed by atoms with van der Waals surface area (Å²) in [5.74, 6) is 0.333. The molecule has 0 unspecified atom stereocenters. The number of hydrogen-bond acceptors (Lipinski definition) is 4. The van der Waals surface area contributed by atoms with Gasteiger partial charge < -0.3 is 15.0 Å². The monoisotopic (exact) mass is 347 g/mol. The van der Waals surface area contributed by atoms with E-state index in [1.807, 2.05) is 32.9 Å². The van der Waals surface area contributed by atoms with E-state index in [0.717, 1.165) is 24.8 Å². The van der Waals surface area contributed by atoms with E-state index in [1.54, 1.807) is 17.3 Å². The third-order valence-corrected chi connectivity index (χ3v) is 4.13. The van der Waals surface area contributed by atoms with Gasteiger partial charge in [-0.05, 0) is 51.7 Å². The number of pyridine rings is 1. The maximum absolute atomic E-state index is 12.5. The summed E-state index contributed by atoms with van der Waals surface area (Å²) in [4.78, 5) is 30.1. The SMILES string of the molecule is CC(C)(C)OC(=O)N(CCCNC(=O)C1CCC1)Cc1cccnc1. The Labute approximate surface area is 150 Å². The van der Waals surface area contributed by atoms with Crippen molar-refractivity contribution in [3.63, 3.8) is 0 Å². The van der Waals surface area contributed by atoms with Crippen LogP contribution in [-0.2, 0) is 16.1 Å². The number of nitrogens with zero attached hydrogens (tertiary/aromatic N) is 2. The van der Waals surface area contributed by atoms with Crippen LogP contribution in [-0.4, -0.2) is 40.6 Å². The van der Waals surface area contributed by atoms with Gasteiger partial charge in [-0.3, -0.25) is 9.78 Å². The van der Waals surface area contributed by atoms with Gasteiger partial charge in [0.15, 0.2) is 0 Å². The minimum absolute atomic E-state index is 0.141. The summed E-state index contributed by atoms with van der Waals surface area (Å²) in [6, 6.07) is 3.78. The van der Waals surface area contributed by atoms with Crippen LogP contribution in [0.3, 0.4) is 0 Å². The first-order chi connectivity index (χ1) is 11.8. The van der Waals surface area contributed by atoms with Gasteiger partial charge in [0.1, 0.15) is 5.60 Å². The smallest absolute Gasteiger partial charge is 0.410 e. The third-order valence-electron chi connectivity index (χ3n) is 4.13. The molecule has 1 aromatic heterocycles. The van der Waals surface area contributed by atoms with Crippen LogP contribution in [0, 0.1) is 5.92 Å². The molecular weight excluding hydrogens is 318 g/mol. The minimum Gasteiger partial charge on any atom is -0.444 e. The van der Waals surface area contributed by atoms with Gasteiger partial charge in [-0.25, -0.2) is 4.79 Å². The predicted octanol–water partition coefficient (Wildman–Crippen LogP) is 3.13. The van der Waals surface area contributed by atoms with Crippen molar-refractivity contribution < 1.29 is 14.3 Å². The molecule has 1 aliphatic carbocycles. The molecule has 0 aromatic carbocycles. The Morgan fingerprint density at radius 3 is 2.68 bits per heavy atom. The van der Waals surface area contributed by atoms with Gasteiger partial charge in [-0.1, -0.05) is 12.5 Å². The van der Waals surface area contributed by atoms with Crippen LogP contribution in [0.15, 0.2) is 24.5 Å². The van der Waals surface area contributed by atoms with E-state index in [4.69, 9.17) is 4.74 Å². The van der Waals surface area contributed by atoms with Crippen LogP contribution in [0.25, 0.3) is 0 Å². The van der Waals surface area contributed by atoms with Crippen molar-refractivity contribution in [3.8, 4) is 0 Å². The number of amides is 2. The first-order valence-electron chi connectivity index (χ1n) is 9.00. The van der Waals surface area contributed by atoms with E-state index in [1.165, 1.54) is 0 Å². The second-order valence-electron chi connectivity index (χ2n) is 7.54. The number of ether oxygens (including phenoxy) is 1. The van der Waals surface area contributed by atoms with Crippen molar-refractivity contribution in [3.05, 3.63) is 30.1 Å². The predicted molar refractivity (Wildman–Crippen MR) is 95.8 cm³/mol. The standard InChI is InChI=1S/C19H29N3O3/c1-19(2,3)25-18(24)22(14-15-7-5-10-20-13-15)12-6-11-21-17(23)16-8-4-9-16/h5,7,10,13,16H,4,6,8-9,11-12,14H2,1-3H3,(H,21,23). The first-order valence-corrected chi connectivity index (χ1v) is 9.00. The molecule has 1 aromatic rings. The fraction of sp³-hybridized carbons (Fsp3) is 0.632. The van der Waals surface area contributed by atoms with Crippen molar-refractivity contribution in [2.45, 2.75) is 58.6 Å². The molecule has 2 amide bonds. The Morgan fingerprint density at radius 1 is 1.36 bits per heavy atom. The zero-order valence-corrected chi connectivity index (χ0v) is 15.5. The Kier molecular flexibility index (Phi) is 6.79. The van der Waals surface area contributed by atoms with Crippen molar-refractivity contribution in [1.82, 2.24) is 15.2 Å². The van der Waals surface area contributed by atoms with Gasteiger partial charge in [0, 0.05) is 31.4 Å². The molecule has 6 heteroatoms. The van der Waals surface area contributed by atoms with Crippen molar-refractivity contribution in [1.29, 1.82) is 0 Å². The quantitative estimate of drug-likeness (QED) is 0.769. The molecule has 6 nitrogen and oxygen atoms in total. The number of aromatic nitrogens is 1. The van der Waals surface area contributed by atoms with Crippen LogP contribution < -0.4 is 5.32 Å². The molecule has 25 heavy (non-hydrogen) atoms. The lowest BCUT2D eigenvalue weighted by Gasteiger charge is -2.28. The van der Waals surface area contributed by atoms with Crippen molar-refractivity contribution in [2.24, 2.45) is 5.92 Å². The molecule has 1 heterocycles. The second-order valence-corrected chi connectivity index (χ2v) is 7.54. The fourth-order valence-electron chi connectivity index (χ4n) is 2.57. The van der Waals surface area contributed by atoms with Gasteiger partial charge in [0.2, 0.25) is 5.91 Å². The zero-order valence-electron chi connectivity index (χ0n) is 15.5. The molecule has 2 rings (SSSR count). The topological polar surface area (TPSA) is 71.5 Å². The lowest BCUT2D eigenvalue weighted by Crippen LogP contribution is -2.39. The molecule has 0 saturated heterocycles. The number of rotatable bonds is 7. The van der Waals surface area contributed by atoms with E-state index < -0.39 is 5.60 Å². The van der Waals surface area contributed by atoms with Crippen LogP contribution in [0.1, 0.15) is 52.0 Å². The van der Waals surface area contributed by atoms with E-state index in [2.05, 4.69) is 10.3 Å². The van der Waals surface area contributed by atoms with Crippen LogP contribution >= 0.6 is 0 Å². The summed E-state index contributed by atoms with van der Waals surface area (Å²) in [6.45, 7) is 7.10. The number of carbonyl (C=O) groups excluding carboxylic acids is 2. The lowest BCUT2D eigenvalue weighted by atomic mass is 9.85. The fourth-order valence-corrected chi connectivity index (χ4v) is 2.57. The molecule has 0 spiro atoms. The van der Waals surface area contributed by atoms with Gasteiger partial charge in [-0.2, -0.15) is 0 Å². The third kappa shape index (κ3) is 6.72. The van der Waals surface area contributed by atoms with E-state index in [0.29, 0.717) is 26.1 Å². The zero-order chi connectivity index (χ0) is 18.3. The lowest BCUT2D eigenvalue weighted by molar-refractivity contribution is -0.127. The van der Waals surface area contributed by atoms with E-state index >= 15 is 0 Å². The highest BCUT2D eigenvalue weighted by Crippen LogP contribution is 2.26. The highest BCUT2D eigenvalue weighted by atomic mass is 16.6. The second kappa shape index (κ2) is 8.83. The Morgan fingerprint density at radius 2 is 2.12 bits per heavy atom. The molecule has 1 fully saturated rings. The van der Waals surface area contributed by atoms with Gasteiger partial charge in [0.05, 0.1) is 6.54 Å². The maximum Gasteiger partial charge on any atom is 0.410 e. The molecule has 0 aliphatic heterocycles. The first kappa shape index (κ1) is 19.2. The molecule has 138 valence electrons. The molecule has 1 aliphatic rings. The molecule has 0 atom stereocenters. The van der Waals surface area contributed by atoms with Crippen molar-refractivity contribution in [2.75, 3.05) is 13.1 Å². The summed E-state index contributed by atoms with van der Waals surface area (Å²) >= 11 is 0. The molecule has 1 N–H and O–H groups in total. The summed E-state index contributed by atoms with van der Waals surface area (Å²) < 4.78 is 5.49.